The zero-order chi connectivity index (χ0) is 15.5. The number of nitrogens with one attached hydrogen (secondary N) is 1. The van der Waals surface area contributed by atoms with Gasteiger partial charge in [0.25, 0.3) is 5.91 Å². The van der Waals surface area contributed by atoms with Crippen molar-refractivity contribution >= 4 is 27.8 Å². The predicted molar refractivity (Wildman–Crippen MR) is 76.6 cm³/mol. The largest absolute Gasteiger partial charge is 0.481 e. The second-order valence-electron chi connectivity index (χ2n) is 4.98. The number of rotatable bonds is 4. The van der Waals surface area contributed by atoms with Crippen molar-refractivity contribution in [3.63, 3.8) is 0 Å². The smallest absolute Gasteiger partial charge is 0.311 e. The molecule has 0 radical (unpaired) electrons. The molecule has 1 amide bonds. The van der Waals surface area contributed by atoms with E-state index in [2.05, 4.69) is 21.2 Å². The molecule has 5 nitrogen and oxygen atoms in total. The minimum atomic E-state index is -1.05. The van der Waals surface area contributed by atoms with E-state index in [9.17, 15) is 19.1 Å². The number of carboxylic acid groups (broad SMARTS) is 1. The van der Waals surface area contributed by atoms with Crippen molar-refractivity contribution in [3.8, 4) is 0 Å². The summed E-state index contributed by atoms with van der Waals surface area (Å²) in [7, 11) is 0. The van der Waals surface area contributed by atoms with Gasteiger partial charge in [-0.3, -0.25) is 9.59 Å². The standard InChI is InChI=1S/C14H15BrFNO4/c15-10-3-1-2-9(11(10)16)12(18)17-8-14(13(19)20)4-6-21-7-5-14/h1-3H,4-8H2,(H,17,18)(H,19,20). The van der Waals surface area contributed by atoms with Crippen LogP contribution in [0.15, 0.2) is 22.7 Å². The second kappa shape index (κ2) is 6.53. The first-order valence-electron chi connectivity index (χ1n) is 6.50. The summed E-state index contributed by atoms with van der Waals surface area (Å²) < 4.78 is 19.2. The van der Waals surface area contributed by atoms with Crippen LogP contribution in [0.25, 0.3) is 0 Å². The van der Waals surface area contributed by atoms with Crippen molar-refractivity contribution in [3.05, 3.63) is 34.1 Å². The molecule has 0 atom stereocenters. The lowest BCUT2D eigenvalue weighted by Gasteiger charge is -2.33. The zero-order valence-electron chi connectivity index (χ0n) is 11.2. The van der Waals surface area contributed by atoms with Crippen molar-refractivity contribution in [2.75, 3.05) is 19.8 Å². The van der Waals surface area contributed by atoms with Crippen LogP contribution in [0.5, 0.6) is 0 Å². The van der Waals surface area contributed by atoms with Gasteiger partial charge >= 0.3 is 5.97 Å². The van der Waals surface area contributed by atoms with Crippen molar-refractivity contribution in [1.82, 2.24) is 5.32 Å². The highest BCUT2D eigenvalue weighted by molar-refractivity contribution is 9.10. The molecule has 0 spiro atoms. The maximum atomic E-state index is 13.8. The Kier molecular flexibility index (Phi) is 4.95. The van der Waals surface area contributed by atoms with E-state index in [0.717, 1.165) is 0 Å². The molecule has 1 aromatic rings. The molecule has 1 aliphatic rings. The van der Waals surface area contributed by atoms with E-state index in [1.807, 2.05) is 0 Å². The van der Waals surface area contributed by atoms with Crippen LogP contribution in [0.2, 0.25) is 0 Å². The minimum Gasteiger partial charge on any atom is -0.481 e. The normalized spacial score (nSPS) is 17.2. The average Bonchev–Trinajstić information content (AvgIpc) is 2.48. The van der Waals surface area contributed by atoms with Gasteiger partial charge in [0, 0.05) is 19.8 Å². The summed E-state index contributed by atoms with van der Waals surface area (Å²) in [6.07, 6.45) is 0.646. The van der Waals surface area contributed by atoms with Gasteiger partial charge < -0.3 is 15.2 Å². The molecule has 7 heteroatoms. The first-order valence-corrected chi connectivity index (χ1v) is 7.29. The summed E-state index contributed by atoms with van der Waals surface area (Å²) in [6, 6.07) is 4.39. The number of ether oxygens (including phenoxy) is 1. The van der Waals surface area contributed by atoms with Crippen LogP contribution in [0, 0.1) is 11.2 Å². The zero-order valence-corrected chi connectivity index (χ0v) is 12.8. The molecule has 114 valence electrons. The van der Waals surface area contributed by atoms with E-state index in [1.54, 1.807) is 6.07 Å². The lowest BCUT2D eigenvalue weighted by atomic mass is 9.80. The monoisotopic (exact) mass is 359 g/mol. The van der Waals surface area contributed by atoms with E-state index in [0.29, 0.717) is 26.1 Å². The molecular weight excluding hydrogens is 345 g/mol. The highest BCUT2D eigenvalue weighted by Gasteiger charge is 2.40. The Hall–Kier alpha value is -1.47. The molecule has 1 fully saturated rings. The molecule has 0 bridgehead atoms. The Bertz CT molecular complexity index is 558. The first kappa shape index (κ1) is 15.9. The van der Waals surface area contributed by atoms with Gasteiger partial charge in [0.15, 0.2) is 0 Å². The fourth-order valence-electron chi connectivity index (χ4n) is 2.25. The Labute approximate surface area is 129 Å². The maximum Gasteiger partial charge on any atom is 0.311 e. The van der Waals surface area contributed by atoms with E-state index >= 15 is 0 Å². The molecule has 1 saturated heterocycles. The van der Waals surface area contributed by atoms with E-state index in [4.69, 9.17) is 4.74 Å². The lowest BCUT2D eigenvalue weighted by Crippen LogP contribution is -2.46. The highest BCUT2D eigenvalue weighted by atomic mass is 79.9. The number of benzene rings is 1. The summed E-state index contributed by atoms with van der Waals surface area (Å²) in [5, 5.41) is 11.9. The molecule has 1 aromatic carbocycles. The summed E-state index contributed by atoms with van der Waals surface area (Å²) in [5.74, 6) is -2.26. The average molecular weight is 360 g/mol. The Balaban J connectivity index is 2.09. The van der Waals surface area contributed by atoms with E-state index in [-0.39, 0.29) is 16.6 Å². The fraction of sp³-hybridized carbons (Fsp3) is 0.429. The number of hydrogen-bond donors (Lipinski definition) is 2. The number of hydrogen-bond acceptors (Lipinski definition) is 3. The van der Waals surface area contributed by atoms with Gasteiger partial charge in [0.2, 0.25) is 0 Å². The van der Waals surface area contributed by atoms with Crippen molar-refractivity contribution < 1.29 is 23.8 Å². The van der Waals surface area contributed by atoms with E-state index < -0.39 is 23.1 Å². The molecule has 0 aliphatic carbocycles. The predicted octanol–water partition coefficient (Wildman–Crippen LogP) is 2.20. The van der Waals surface area contributed by atoms with Gasteiger partial charge in [-0.2, -0.15) is 0 Å². The number of carboxylic acids is 1. The van der Waals surface area contributed by atoms with Gasteiger partial charge in [-0.25, -0.2) is 4.39 Å². The summed E-state index contributed by atoms with van der Waals surface area (Å²) in [5.41, 5.74) is -1.16. The fourth-order valence-corrected chi connectivity index (χ4v) is 2.62. The molecule has 0 aromatic heterocycles. The lowest BCUT2D eigenvalue weighted by molar-refractivity contribution is -0.154. The molecule has 2 N–H and O–H groups in total. The number of carbonyl (C=O) groups is 2. The molecule has 0 saturated carbocycles. The first-order chi connectivity index (χ1) is 9.96. The van der Waals surface area contributed by atoms with Gasteiger partial charge in [-0.05, 0) is 40.9 Å². The molecule has 0 unspecified atom stereocenters. The van der Waals surface area contributed by atoms with Gasteiger partial charge in [0.1, 0.15) is 5.82 Å². The quantitative estimate of drug-likeness (QED) is 0.863. The second-order valence-corrected chi connectivity index (χ2v) is 5.84. The number of halogens is 2. The van der Waals surface area contributed by atoms with E-state index in [1.165, 1.54) is 12.1 Å². The summed E-state index contributed by atoms with van der Waals surface area (Å²) in [6.45, 7) is 0.636. The van der Waals surface area contributed by atoms with Crippen molar-refractivity contribution in [2.45, 2.75) is 12.8 Å². The summed E-state index contributed by atoms with van der Waals surface area (Å²) in [4.78, 5) is 23.5. The highest BCUT2D eigenvalue weighted by Crippen LogP contribution is 2.30. The molecule has 2 rings (SSSR count). The third kappa shape index (κ3) is 3.41. The van der Waals surface area contributed by atoms with Gasteiger partial charge in [-0.15, -0.1) is 0 Å². The van der Waals surface area contributed by atoms with Crippen LogP contribution in [0.3, 0.4) is 0 Å². The minimum absolute atomic E-state index is 0.0452. The number of carbonyl (C=O) groups excluding carboxylic acids is 1. The maximum absolute atomic E-state index is 13.8. The molecular formula is C14H15BrFNO4. The van der Waals surface area contributed by atoms with Gasteiger partial charge in [-0.1, -0.05) is 6.07 Å². The molecule has 1 heterocycles. The Morgan fingerprint density at radius 1 is 1.38 bits per heavy atom. The number of aliphatic carboxylic acids is 1. The SMILES string of the molecule is O=C(NCC1(C(=O)O)CCOCC1)c1cccc(Br)c1F. The van der Waals surface area contributed by atoms with Crippen LogP contribution < -0.4 is 5.32 Å². The molecule has 21 heavy (non-hydrogen) atoms. The number of amides is 1. The third-order valence-electron chi connectivity index (χ3n) is 3.69. The van der Waals surface area contributed by atoms with Crippen molar-refractivity contribution in [2.24, 2.45) is 5.41 Å². The Morgan fingerprint density at radius 2 is 2.05 bits per heavy atom. The third-order valence-corrected chi connectivity index (χ3v) is 4.30. The van der Waals surface area contributed by atoms with Gasteiger partial charge in [0.05, 0.1) is 15.5 Å². The van der Waals surface area contributed by atoms with Crippen LogP contribution in [-0.4, -0.2) is 36.7 Å². The van der Waals surface area contributed by atoms with Crippen LogP contribution in [0.1, 0.15) is 23.2 Å². The topological polar surface area (TPSA) is 75.6 Å². The summed E-state index contributed by atoms with van der Waals surface area (Å²) >= 11 is 3.01. The van der Waals surface area contributed by atoms with Crippen molar-refractivity contribution in [1.29, 1.82) is 0 Å². The Morgan fingerprint density at radius 3 is 2.67 bits per heavy atom. The van der Waals surface area contributed by atoms with Crippen LogP contribution in [0.4, 0.5) is 4.39 Å². The van der Waals surface area contributed by atoms with Crippen LogP contribution >= 0.6 is 15.9 Å². The van der Waals surface area contributed by atoms with Crippen LogP contribution in [-0.2, 0) is 9.53 Å². The molecule has 1 aliphatic heterocycles.